The van der Waals surface area contributed by atoms with Gasteiger partial charge in [0.1, 0.15) is 12.4 Å². The van der Waals surface area contributed by atoms with Gasteiger partial charge in [0.15, 0.2) is 0 Å². The maximum Gasteiger partial charge on any atom is 0.119 e. The molecule has 0 saturated carbocycles. The van der Waals surface area contributed by atoms with Crippen LogP contribution in [0.1, 0.15) is 29.0 Å². The molecule has 0 aliphatic heterocycles. The summed E-state index contributed by atoms with van der Waals surface area (Å²) in [6, 6.07) is 22.6. The number of likely N-dealkylation sites (N-methyl/N-ethyl adjacent to an activating group) is 1. The third kappa shape index (κ3) is 4.32. The molecule has 2 aromatic heterocycles. The normalized spacial score (nSPS) is 16.2. The summed E-state index contributed by atoms with van der Waals surface area (Å²) in [7, 11) is 4.07. The van der Waals surface area contributed by atoms with Crippen molar-refractivity contribution in [1.29, 1.82) is 0 Å². The first kappa shape index (κ1) is 21.9. The number of benzene rings is 2. The third-order valence-electron chi connectivity index (χ3n) is 6.33. The highest BCUT2D eigenvalue weighted by Gasteiger charge is 2.32. The Bertz CT molecular complexity index is 1290. The van der Waals surface area contributed by atoms with Crippen molar-refractivity contribution in [2.75, 3.05) is 27.2 Å². The maximum atomic E-state index is 9.62. The van der Waals surface area contributed by atoms with Crippen LogP contribution in [0.2, 0.25) is 0 Å². The zero-order chi connectivity index (χ0) is 23.5. The van der Waals surface area contributed by atoms with Gasteiger partial charge in [-0.25, -0.2) is 0 Å². The van der Waals surface area contributed by atoms with Crippen LogP contribution in [0.5, 0.6) is 5.75 Å². The number of hydrogen-bond donors (Lipinski definition) is 2. The fraction of sp³-hybridized carbons (Fsp3) is 0.214. The predicted octanol–water partition coefficient (Wildman–Crippen LogP) is 5.40. The van der Waals surface area contributed by atoms with Gasteiger partial charge in [0.05, 0.1) is 5.71 Å². The number of hydrogen-bond acceptors (Lipinski definition) is 5. The van der Waals surface area contributed by atoms with Gasteiger partial charge in [-0.05, 0) is 73.3 Å². The summed E-state index contributed by atoms with van der Waals surface area (Å²) in [5.74, 6) is 0.962. The zero-order valence-electron chi connectivity index (χ0n) is 19.4. The Kier molecular flexibility index (Phi) is 6.14. The molecule has 2 N–H and O–H groups in total. The van der Waals surface area contributed by atoms with Crippen LogP contribution in [0.25, 0.3) is 22.5 Å². The number of ether oxygens (including phenoxy) is 1. The van der Waals surface area contributed by atoms with E-state index in [0.29, 0.717) is 13.0 Å². The van der Waals surface area contributed by atoms with Crippen LogP contribution in [0, 0.1) is 0 Å². The summed E-state index contributed by atoms with van der Waals surface area (Å²) in [6.07, 6.45) is 4.27. The summed E-state index contributed by atoms with van der Waals surface area (Å²) in [4.78, 5) is 9.94. The number of H-pyrrole nitrogens is 1. The Balaban J connectivity index is 1.52. The van der Waals surface area contributed by atoms with Crippen molar-refractivity contribution in [1.82, 2.24) is 14.9 Å². The highest BCUT2D eigenvalue weighted by Crippen LogP contribution is 2.43. The number of nitrogens with one attached hydrogen (secondary N) is 1. The molecule has 34 heavy (non-hydrogen) atoms. The second-order valence-corrected chi connectivity index (χ2v) is 8.82. The summed E-state index contributed by atoms with van der Waals surface area (Å²) in [5, 5.41) is 13.2. The molecule has 1 atom stereocenters. The van der Waals surface area contributed by atoms with Crippen LogP contribution in [-0.2, 0) is 0 Å². The molecule has 172 valence electrons. The van der Waals surface area contributed by atoms with E-state index >= 15 is 0 Å². The number of nitrogens with zero attached hydrogens (tertiary/aromatic N) is 3. The standard InChI is InChI=1S/C28H28N4O2/c1-32(2)15-16-34-21-9-7-19(8-10-21)26-18-25(28(30-26)20-11-13-29-14-12-20)24-17-27(31-33)23-6-4-3-5-22(23)24/h3-14,18,24,30,33H,15-17H2,1-2H3/b31-27-. The average molecular weight is 453 g/mol. The molecule has 0 bridgehead atoms. The summed E-state index contributed by atoms with van der Waals surface area (Å²) in [6.45, 7) is 1.53. The van der Waals surface area contributed by atoms with Gasteiger partial charge in [0.2, 0.25) is 0 Å². The minimum absolute atomic E-state index is 0.101. The lowest BCUT2D eigenvalue weighted by Crippen LogP contribution is -2.19. The first-order valence-corrected chi connectivity index (χ1v) is 11.5. The molecule has 6 heteroatoms. The molecule has 2 heterocycles. The number of oxime groups is 1. The molecular formula is C28H28N4O2. The smallest absolute Gasteiger partial charge is 0.119 e. The molecule has 1 unspecified atom stereocenters. The highest BCUT2D eigenvalue weighted by molar-refractivity contribution is 6.05. The van der Waals surface area contributed by atoms with E-state index in [-0.39, 0.29) is 5.92 Å². The van der Waals surface area contributed by atoms with Crippen molar-refractivity contribution < 1.29 is 9.94 Å². The van der Waals surface area contributed by atoms with Crippen LogP contribution in [0.4, 0.5) is 0 Å². The second-order valence-electron chi connectivity index (χ2n) is 8.82. The molecule has 0 amide bonds. The molecule has 1 aliphatic carbocycles. The molecule has 0 fully saturated rings. The van der Waals surface area contributed by atoms with Gasteiger partial charge in [-0.2, -0.15) is 0 Å². The summed E-state index contributed by atoms with van der Waals surface area (Å²) in [5.41, 5.74) is 8.35. The maximum absolute atomic E-state index is 9.62. The molecule has 0 radical (unpaired) electrons. The van der Waals surface area contributed by atoms with Gasteiger partial charge in [-0.1, -0.05) is 29.4 Å². The lowest BCUT2D eigenvalue weighted by Gasteiger charge is -2.12. The van der Waals surface area contributed by atoms with E-state index < -0.39 is 0 Å². The first-order chi connectivity index (χ1) is 16.6. The van der Waals surface area contributed by atoms with Crippen molar-refractivity contribution in [2.45, 2.75) is 12.3 Å². The minimum Gasteiger partial charge on any atom is -0.492 e. The van der Waals surface area contributed by atoms with E-state index in [9.17, 15) is 5.21 Å². The average Bonchev–Trinajstić information content (AvgIpc) is 3.47. The van der Waals surface area contributed by atoms with E-state index in [1.54, 1.807) is 0 Å². The van der Waals surface area contributed by atoms with Crippen LogP contribution in [0.3, 0.4) is 0 Å². The second kappa shape index (κ2) is 9.53. The molecule has 4 aromatic rings. The van der Waals surface area contributed by atoms with Crippen LogP contribution in [-0.4, -0.2) is 53.0 Å². The third-order valence-corrected chi connectivity index (χ3v) is 6.33. The Labute approximate surface area is 199 Å². The first-order valence-electron chi connectivity index (χ1n) is 11.5. The Morgan fingerprint density at radius 2 is 1.76 bits per heavy atom. The minimum atomic E-state index is 0.101. The molecule has 5 rings (SSSR count). The lowest BCUT2D eigenvalue weighted by molar-refractivity contribution is 0.261. The van der Waals surface area contributed by atoms with Crippen LogP contribution >= 0.6 is 0 Å². The number of aromatic amines is 1. The molecular weight excluding hydrogens is 424 g/mol. The van der Waals surface area contributed by atoms with Gasteiger partial charge in [-0.15, -0.1) is 0 Å². The molecule has 0 spiro atoms. The summed E-state index contributed by atoms with van der Waals surface area (Å²) < 4.78 is 5.85. The quantitative estimate of drug-likeness (QED) is 0.291. The molecule has 0 saturated heterocycles. The van der Waals surface area contributed by atoms with E-state index in [0.717, 1.165) is 46.1 Å². The van der Waals surface area contributed by atoms with Gasteiger partial charge >= 0.3 is 0 Å². The lowest BCUT2D eigenvalue weighted by atomic mass is 9.91. The Morgan fingerprint density at radius 1 is 1.00 bits per heavy atom. The summed E-state index contributed by atoms with van der Waals surface area (Å²) >= 11 is 0. The van der Waals surface area contributed by atoms with Gasteiger partial charge in [0.25, 0.3) is 0 Å². The number of rotatable bonds is 7. The van der Waals surface area contributed by atoms with Crippen molar-refractivity contribution in [3.05, 3.63) is 95.8 Å². The van der Waals surface area contributed by atoms with Crippen LogP contribution < -0.4 is 4.74 Å². The van der Waals surface area contributed by atoms with Gasteiger partial charge in [0, 0.05) is 53.8 Å². The molecule has 1 aliphatic rings. The highest BCUT2D eigenvalue weighted by atomic mass is 16.5. The zero-order valence-corrected chi connectivity index (χ0v) is 19.4. The Hall–Kier alpha value is -3.90. The fourth-order valence-electron chi connectivity index (χ4n) is 4.58. The van der Waals surface area contributed by atoms with Gasteiger partial charge in [-0.3, -0.25) is 4.98 Å². The van der Waals surface area contributed by atoms with E-state index in [2.05, 4.69) is 44.3 Å². The van der Waals surface area contributed by atoms with Gasteiger partial charge < -0.3 is 19.8 Å². The monoisotopic (exact) mass is 452 g/mol. The van der Waals surface area contributed by atoms with Crippen molar-refractivity contribution in [3.8, 4) is 28.3 Å². The molecule has 6 nitrogen and oxygen atoms in total. The number of fused-ring (bicyclic) bond motifs is 1. The predicted molar refractivity (Wildman–Crippen MR) is 135 cm³/mol. The number of aromatic nitrogens is 2. The van der Waals surface area contributed by atoms with E-state index in [4.69, 9.17) is 4.74 Å². The fourth-order valence-corrected chi connectivity index (χ4v) is 4.58. The topological polar surface area (TPSA) is 73.7 Å². The Morgan fingerprint density at radius 3 is 2.50 bits per heavy atom. The van der Waals surface area contributed by atoms with E-state index in [1.165, 1.54) is 11.1 Å². The largest absolute Gasteiger partial charge is 0.492 e. The van der Waals surface area contributed by atoms with Crippen molar-refractivity contribution in [3.63, 3.8) is 0 Å². The molecule has 2 aromatic carbocycles. The number of pyridine rings is 1. The van der Waals surface area contributed by atoms with Crippen molar-refractivity contribution in [2.24, 2.45) is 5.16 Å². The van der Waals surface area contributed by atoms with Crippen molar-refractivity contribution >= 4 is 5.71 Å². The van der Waals surface area contributed by atoms with E-state index in [1.807, 2.05) is 69.0 Å². The van der Waals surface area contributed by atoms with Crippen LogP contribution in [0.15, 0.2) is 84.3 Å². The SMILES string of the molecule is CN(C)CCOc1ccc(-c2cc(C3C/C(=N/O)c4ccccc43)c(-c3ccncc3)[nH]2)cc1.